The van der Waals surface area contributed by atoms with Crippen LogP contribution in [-0.4, -0.2) is 60.0 Å². The first-order valence-electron chi connectivity index (χ1n) is 6.64. The van der Waals surface area contributed by atoms with Gasteiger partial charge in [-0.05, 0) is 19.9 Å². The van der Waals surface area contributed by atoms with E-state index in [9.17, 15) is 4.79 Å². The molecule has 7 heteroatoms. The van der Waals surface area contributed by atoms with Crippen LogP contribution in [0.1, 0.15) is 22.5 Å². The molecule has 104 valence electrons. The summed E-state index contributed by atoms with van der Waals surface area (Å²) in [6, 6.07) is 0.525. The van der Waals surface area contributed by atoms with Crippen molar-refractivity contribution in [2.75, 3.05) is 44.3 Å². The number of hydrogen-bond acceptors (Lipinski definition) is 6. The molecule has 1 saturated carbocycles. The minimum Gasteiger partial charge on any atom is -0.382 e. The second-order valence-electron chi connectivity index (χ2n) is 5.25. The lowest BCUT2D eigenvalue weighted by atomic mass is 10.3. The first kappa shape index (κ1) is 12.7. The lowest BCUT2D eigenvalue weighted by Crippen LogP contribution is -2.47. The molecule has 0 aromatic carbocycles. The van der Waals surface area contributed by atoms with Gasteiger partial charge in [-0.1, -0.05) is 11.3 Å². The average molecular weight is 281 g/mol. The Kier molecular flexibility index (Phi) is 3.32. The highest BCUT2D eigenvalue weighted by atomic mass is 32.1. The van der Waals surface area contributed by atoms with Crippen molar-refractivity contribution in [2.45, 2.75) is 18.9 Å². The number of amides is 1. The van der Waals surface area contributed by atoms with Gasteiger partial charge >= 0.3 is 0 Å². The van der Waals surface area contributed by atoms with Crippen LogP contribution in [0.15, 0.2) is 0 Å². The van der Waals surface area contributed by atoms with Crippen molar-refractivity contribution < 1.29 is 4.79 Å². The van der Waals surface area contributed by atoms with Gasteiger partial charge in [0.1, 0.15) is 10.7 Å². The molecule has 2 aliphatic rings. The molecule has 0 spiro atoms. The number of aromatic nitrogens is 1. The monoisotopic (exact) mass is 281 g/mol. The second kappa shape index (κ2) is 4.97. The summed E-state index contributed by atoms with van der Waals surface area (Å²) < 4.78 is 0. The number of carbonyl (C=O) groups excluding carboxylic acids is 1. The summed E-state index contributed by atoms with van der Waals surface area (Å²) in [5, 5.41) is 4.07. The van der Waals surface area contributed by atoms with Gasteiger partial charge in [0.2, 0.25) is 0 Å². The molecule has 1 saturated heterocycles. The Morgan fingerprint density at radius 2 is 2.05 bits per heavy atom. The number of likely N-dealkylation sites (N-methyl/N-ethyl adjacent to an activating group) is 1. The average Bonchev–Trinajstić information content (AvgIpc) is 3.12. The molecule has 1 aliphatic heterocycles. The molecule has 0 radical (unpaired) electrons. The molecule has 3 N–H and O–H groups in total. The van der Waals surface area contributed by atoms with Crippen LogP contribution in [0.4, 0.5) is 10.9 Å². The third-order valence-electron chi connectivity index (χ3n) is 3.54. The minimum absolute atomic E-state index is 0.0203. The van der Waals surface area contributed by atoms with Crippen LogP contribution in [0.3, 0.4) is 0 Å². The number of nitrogens with zero attached hydrogens (tertiary/aromatic N) is 3. The van der Waals surface area contributed by atoms with Crippen molar-refractivity contribution >= 4 is 28.2 Å². The van der Waals surface area contributed by atoms with E-state index in [0.29, 0.717) is 16.7 Å². The van der Waals surface area contributed by atoms with Crippen molar-refractivity contribution in [3.63, 3.8) is 0 Å². The van der Waals surface area contributed by atoms with Crippen LogP contribution >= 0.6 is 11.3 Å². The summed E-state index contributed by atoms with van der Waals surface area (Å²) in [7, 11) is 2.07. The van der Waals surface area contributed by atoms with E-state index in [2.05, 4.69) is 22.2 Å². The highest BCUT2D eigenvalue weighted by Crippen LogP contribution is 2.31. The van der Waals surface area contributed by atoms with E-state index in [0.717, 1.165) is 31.3 Å². The lowest BCUT2D eigenvalue weighted by molar-refractivity contribution is 0.0670. The van der Waals surface area contributed by atoms with E-state index in [1.54, 1.807) is 0 Å². The normalized spacial score (nSPS) is 20.6. The van der Waals surface area contributed by atoms with Gasteiger partial charge in [-0.2, -0.15) is 0 Å². The van der Waals surface area contributed by atoms with E-state index in [-0.39, 0.29) is 5.91 Å². The summed E-state index contributed by atoms with van der Waals surface area (Å²) >= 11 is 1.38. The number of rotatable bonds is 3. The fraction of sp³-hybridized carbons (Fsp3) is 0.667. The summed E-state index contributed by atoms with van der Waals surface area (Å²) in [4.78, 5) is 21.3. The largest absolute Gasteiger partial charge is 0.382 e. The molecule has 1 amide bonds. The molecule has 1 aromatic rings. The number of anilines is 2. The van der Waals surface area contributed by atoms with Gasteiger partial charge in [0.25, 0.3) is 5.91 Å². The quantitative estimate of drug-likeness (QED) is 0.852. The SMILES string of the molecule is CN1CCN(C(=O)c2sc(NC3CC3)nc2N)CC1. The van der Waals surface area contributed by atoms with Gasteiger partial charge in [0.05, 0.1) is 0 Å². The van der Waals surface area contributed by atoms with Crippen molar-refractivity contribution in [3.8, 4) is 0 Å². The number of thiazole rings is 1. The van der Waals surface area contributed by atoms with E-state index >= 15 is 0 Å². The van der Waals surface area contributed by atoms with Crippen LogP contribution in [0.25, 0.3) is 0 Å². The van der Waals surface area contributed by atoms with E-state index in [1.807, 2.05) is 4.90 Å². The zero-order valence-electron chi connectivity index (χ0n) is 11.1. The van der Waals surface area contributed by atoms with E-state index in [4.69, 9.17) is 5.73 Å². The Bertz CT molecular complexity index is 476. The fourth-order valence-electron chi connectivity index (χ4n) is 2.10. The first-order valence-corrected chi connectivity index (χ1v) is 7.46. The second-order valence-corrected chi connectivity index (χ2v) is 6.25. The predicted octanol–water partition coefficient (Wildman–Crippen LogP) is 0.687. The highest BCUT2D eigenvalue weighted by Gasteiger charge is 2.27. The van der Waals surface area contributed by atoms with Crippen LogP contribution in [0, 0.1) is 0 Å². The summed E-state index contributed by atoms with van der Waals surface area (Å²) in [6.07, 6.45) is 2.36. The Labute approximate surface area is 116 Å². The predicted molar refractivity (Wildman–Crippen MR) is 76.6 cm³/mol. The maximum absolute atomic E-state index is 12.4. The van der Waals surface area contributed by atoms with E-state index in [1.165, 1.54) is 24.2 Å². The Morgan fingerprint density at radius 1 is 1.37 bits per heavy atom. The number of nitrogen functional groups attached to an aromatic ring is 1. The minimum atomic E-state index is 0.0203. The van der Waals surface area contributed by atoms with Crippen LogP contribution in [0.5, 0.6) is 0 Å². The van der Waals surface area contributed by atoms with Gasteiger partial charge < -0.3 is 20.9 Å². The maximum Gasteiger partial charge on any atom is 0.267 e. The fourth-order valence-corrected chi connectivity index (χ4v) is 3.03. The molecule has 6 nitrogen and oxygen atoms in total. The molecule has 2 fully saturated rings. The molecule has 2 heterocycles. The Morgan fingerprint density at radius 3 is 2.68 bits per heavy atom. The van der Waals surface area contributed by atoms with Crippen LogP contribution in [0.2, 0.25) is 0 Å². The molecular weight excluding hydrogens is 262 g/mol. The molecule has 3 rings (SSSR count). The van der Waals surface area contributed by atoms with Gasteiger partial charge in [-0.15, -0.1) is 0 Å². The van der Waals surface area contributed by atoms with Gasteiger partial charge in [-0.25, -0.2) is 4.98 Å². The maximum atomic E-state index is 12.4. The van der Waals surface area contributed by atoms with Crippen molar-refractivity contribution in [1.29, 1.82) is 0 Å². The molecule has 19 heavy (non-hydrogen) atoms. The number of hydrogen-bond donors (Lipinski definition) is 2. The van der Waals surface area contributed by atoms with Gasteiger partial charge in [-0.3, -0.25) is 4.79 Å². The molecule has 1 aliphatic carbocycles. The van der Waals surface area contributed by atoms with Crippen molar-refractivity contribution in [3.05, 3.63) is 4.88 Å². The van der Waals surface area contributed by atoms with Gasteiger partial charge in [0, 0.05) is 32.2 Å². The molecule has 0 atom stereocenters. The Hall–Kier alpha value is -1.34. The highest BCUT2D eigenvalue weighted by molar-refractivity contribution is 7.18. The zero-order valence-corrected chi connectivity index (χ0v) is 11.9. The summed E-state index contributed by atoms with van der Waals surface area (Å²) in [5.41, 5.74) is 5.87. The molecule has 0 unspecified atom stereocenters. The Balaban J connectivity index is 1.69. The molecular formula is C12H19N5OS. The van der Waals surface area contributed by atoms with Gasteiger partial charge in [0.15, 0.2) is 5.13 Å². The first-order chi connectivity index (χ1) is 9.13. The van der Waals surface area contributed by atoms with Crippen LogP contribution in [-0.2, 0) is 0 Å². The number of nitrogens with two attached hydrogens (primary N) is 1. The topological polar surface area (TPSA) is 74.5 Å². The molecule has 0 bridgehead atoms. The third-order valence-corrected chi connectivity index (χ3v) is 4.53. The standard InChI is InChI=1S/C12H19N5OS/c1-16-4-6-17(7-5-16)11(18)9-10(13)15-12(19-9)14-8-2-3-8/h8H,2-7,13H2,1H3,(H,14,15). The van der Waals surface area contributed by atoms with Crippen molar-refractivity contribution in [2.24, 2.45) is 0 Å². The summed E-state index contributed by atoms with van der Waals surface area (Å²) in [6.45, 7) is 3.35. The molecule has 1 aromatic heterocycles. The smallest absolute Gasteiger partial charge is 0.267 e. The zero-order chi connectivity index (χ0) is 13.4. The number of carbonyl (C=O) groups is 1. The number of piperazine rings is 1. The van der Waals surface area contributed by atoms with Crippen molar-refractivity contribution in [1.82, 2.24) is 14.8 Å². The lowest BCUT2D eigenvalue weighted by Gasteiger charge is -2.32. The third kappa shape index (κ3) is 2.82. The van der Waals surface area contributed by atoms with E-state index < -0.39 is 0 Å². The summed E-state index contributed by atoms with van der Waals surface area (Å²) in [5.74, 6) is 0.379. The van der Waals surface area contributed by atoms with Crippen LogP contribution < -0.4 is 11.1 Å². The number of nitrogens with one attached hydrogen (secondary N) is 1.